The van der Waals surface area contributed by atoms with Crippen LogP contribution in [-0.2, 0) is 30.3 Å². The van der Waals surface area contributed by atoms with E-state index in [0.29, 0.717) is 29.9 Å². The molecule has 0 aliphatic heterocycles. The Kier molecular flexibility index (Phi) is 10.8. The van der Waals surface area contributed by atoms with E-state index in [0.717, 1.165) is 25.7 Å². The molecule has 1 unspecified atom stereocenters. The number of unbranched alkanes of at least 4 members (excludes halogenated alkanes) is 2. The Labute approximate surface area is 197 Å². The van der Waals surface area contributed by atoms with Crippen LogP contribution in [0.1, 0.15) is 50.5 Å². The highest BCUT2D eigenvalue weighted by Crippen LogP contribution is 2.43. The summed E-state index contributed by atoms with van der Waals surface area (Å²) in [6.07, 6.45) is 8.59. The zero-order valence-electron chi connectivity index (χ0n) is 18.5. The maximum absolute atomic E-state index is 12.8. The zero-order chi connectivity index (χ0) is 24.3. The minimum Gasteiger partial charge on any atom is -0.469 e. The van der Waals surface area contributed by atoms with E-state index in [1.807, 2.05) is 42.5 Å². The number of benzene rings is 1. The molecular formula is C23H29F3O5S2. The van der Waals surface area contributed by atoms with Gasteiger partial charge in [0.05, 0.1) is 7.11 Å². The monoisotopic (exact) mass is 506 g/mol. The minimum atomic E-state index is -5.70. The van der Waals surface area contributed by atoms with Crippen molar-refractivity contribution in [3.8, 4) is 0 Å². The summed E-state index contributed by atoms with van der Waals surface area (Å²) in [6, 6.07) is 9.92. The molecule has 0 saturated carbocycles. The molecule has 1 aromatic rings. The number of carbonyl (C=O) groups is 1. The number of esters is 1. The summed E-state index contributed by atoms with van der Waals surface area (Å²) in [6.45, 7) is 0. The molecule has 0 fully saturated rings. The molecule has 184 valence electrons. The molecule has 1 atom stereocenters. The molecule has 1 aliphatic rings. The first-order valence-corrected chi connectivity index (χ1v) is 13.2. The van der Waals surface area contributed by atoms with Crippen molar-refractivity contribution in [3.63, 3.8) is 0 Å². The zero-order valence-corrected chi connectivity index (χ0v) is 20.1. The van der Waals surface area contributed by atoms with Crippen molar-refractivity contribution in [1.29, 1.82) is 0 Å². The number of halogens is 3. The number of rotatable bonds is 13. The minimum absolute atomic E-state index is 0.121. The lowest BCUT2D eigenvalue weighted by atomic mass is 10.1. The predicted molar refractivity (Wildman–Crippen MR) is 123 cm³/mol. The molecule has 0 heterocycles. The van der Waals surface area contributed by atoms with Crippen molar-refractivity contribution < 1.29 is 35.3 Å². The van der Waals surface area contributed by atoms with Crippen LogP contribution in [0.5, 0.6) is 0 Å². The van der Waals surface area contributed by atoms with E-state index >= 15 is 0 Å². The maximum Gasteiger partial charge on any atom is 0.534 e. The second kappa shape index (κ2) is 13.1. The van der Waals surface area contributed by atoms with Gasteiger partial charge in [-0.05, 0) is 43.4 Å². The number of alkyl halides is 3. The summed E-state index contributed by atoms with van der Waals surface area (Å²) in [5.74, 6) is 0.00262. The van der Waals surface area contributed by atoms with E-state index < -0.39 is 15.6 Å². The van der Waals surface area contributed by atoms with Crippen molar-refractivity contribution in [2.45, 2.75) is 56.9 Å². The molecule has 0 radical (unpaired) electrons. The highest BCUT2D eigenvalue weighted by Gasteiger charge is 2.49. The van der Waals surface area contributed by atoms with E-state index in [4.69, 9.17) is 0 Å². The Morgan fingerprint density at radius 2 is 1.91 bits per heavy atom. The normalized spacial score (nSPS) is 17.0. The summed E-state index contributed by atoms with van der Waals surface area (Å²) in [4.78, 5) is 11.7. The van der Waals surface area contributed by atoms with Crippen LogP contribution < -0.4 is 0 Å². The third-order valence-corrected chi connectivity index (χ3v) is 7.43. The van der Waals surface area contributed by atoms with Gasteiger partial charge in [0.2, 0.25) is 0 Å². The highest BCUT2D eigenvalue weighted by molar-refractivity contribution is 8.03. The molecule has 5 nitrogen and oxygen atoms in total. The number of ether oxygens (including phenoxy) is 1. The summed E-state index contributed by atoms with van der Waals surface area (Å²) < 4.78 is 70.6. The molecule has 0 spiro atoms. The Morgan fingerprint density at radius 3 is 2.58 bits per heavy atom. The molecule has 2 rings (SSSR count). The molecule has 0 amide bonds. The van der Waals surface area contributed by atoms with Crippen LogP contribution >= 0.6 is 11.8 Å². The first kappa shape index (κ1) is 27.3. The van der Waals surface area contributed by atoms with Gasteiger partial charge in [-0.3, -0.25) is 4.79 Å². The molecule has 1 aliphatic carbocycles. The highest BCUT2D eigenvalue weighted by atomic mass is 32.2. The van der Waals surface area contributed by atoms with E-state index in [-0.39, 0.29) is 24.1 Å². The quantitative estimate of drug-likeness (QED) is 0.105. The predicted octanol–water partition coefficient (Wildman–Crippen LogP) is 6.13. The van der Waals surface area contributed by atoms with Crippen molar-refractivity contribution in [1.82, 2.24) is 0 Å². The standard InChI is InChI=1S/C23H29F3O5S2/c1-30-21(27)14-6-3-9-17-32-22-19(13-8-7-12-18-10-4-2-5-11-18)15-16-20(22)31-33(28,29)23(24,25)26/h2,4-5,8,10-11,13,19H,3,6-7,9,12,14-17H2,1H3/b13-8+. The van der Waals surface area contributed by atoms with E-state index in [1.54, 1.807) is 0 Å². The Hall–Kier alpha value is -1.94. The second-order valence-corrected chi connectivity index (χ2v) is 10.3. The van der Waals surface area contributed by atoms with Gasteiger partial charge >= 0.3 is 21.6 Å². The first-order valence-electron chi connectivity index (χ1n) is 10.8. The van der Waals surface area contributed by atoms with Gasteiger partial charge < -0.3 is 8.92 Å². The van der Waals surface area contributed by atoms with E-state index in [9.17, 15) is 26.4 Å². The number of methoxy groups -OCH3 is 1. The SMILES string of the molecule is COC(=O)CCCCCSC1=C(OS(=O)(=O)C(F)(F)F)CCC1/C=C/CCc1ccccc1. The van der Waals surface area contributed by atoms with Crippen LogP contribution in [0.25, 0.3) is 0 Å². The first-order chi connectivity index (χ1) is 15.6. The third kappa shape index (κ3) is 9.08. The lowest BCUT2D eigenvalue weighted by molar-refractivity contribution is -0.140. The molecule has 10 heteroatoms. The number of thioether (sulfide) groups is 1. The van der Waals surface area contributed by atoms with Gasteiger partial charge in [0, 0.05) is 23.7 Å². The molecule has 0 bridgehead atoms. The van der Waals surface area contributed by atoms with Crippen LogP contribution in [0.4, 0.5) is 13.2 Å². The van der Waals surface area contributed by atoms with Crippen LogP contribution in [0, 0.1) is 5.92 Å². The summed E-state index contributed by atoms with van der Waals surface area (Å²) in [7, 11) is -4.37. The summed E-state index contributed by atoms with van der Waals surface area (Å²) in [5, 5.41) is 0. The molecule has 33 heavy (non-hydrogen) atoms. The molecule has 0 saturated heterocycles. The van der Waals surface area contributed by atoms with Gasteiger partial charge in [-0.25, -0.2) is 0 Å². The fourth-order valence-corrected chi connectivity index (χ4v) is 5.24. The van der Waals surface area contributed by atoms with Gasteiger partial charge in [-0.1, -0.05) is 48.9 Å². The molecule has 0 aromatic heterocycles. The topological polar surface area (TPSA) is 69.7 Å². The van der Waals surface area contributed by atoms with Crippen LogP contribution in [0.3, 0.4) is 0 Å². The van der Waals surface area contributed by atoms with Crippen molar-refractivity contribution >= 4 is 27.8 Å². The lowest BCUT2D eigenvalue weighted by Crippen LogP contribution is -2.25. The molecule has 1 aromatic carbocycles. The van der Waals surface area contributed by atoms with Crippen LogP contribution in [0.2, 0.25) is 0 Å². The van der Waals surface area contributed by atoms with Gasteiger partial charge in [0.25, 0.3) is 0 Å². The lowest BCUT2D eigenvalue weighted by Gasteiger charge is -2.14. The maximum atomic E-state index is 12.8. The number of hydrogen-bond donors (Lipinski definition) is 0. The van der Waals surface area contributed by atoms with Crippen molar-refractivity contribution in [3.05, 3.63) is 58.7 Å². The average Bonchev–Trinajstić information content (AvgIpc) is 3.14. The summed E-state index contributed by atoms with van der Waals surface area (Å²) in [5.41, 5.74) is -4.28. The Balaban J connectivity index is 2.00. The third-order valence-electron chi connectivity index (χ3n) is 5.11. The second-order valence-electron chi connectivity index (χ2n) is 7.60. The number of aryl methyl sites for hydroxylation is 1. The van der Waals surface area contributed by atoms with Crippen molar-refractivity contribution in [2.75, 3.05) is 12.9 Å². The smallest absolute Gasteiger partial charge is 0.469 e. The molecular weight excluding hydrogens is 477 g/mol. The van der Waals surface area contributed by atoms with Crippen molar-refractivity contribution in [2.24, 2.45) is 5.92 Å². The van der Waals surface area contributed by atoms with Gasteiger partial charge in [0.1, 0.15) is 5.76 Å². The number of hydrogen-bond acceptors (Lipinski definition) is 6. The fourth-order valence-electron chi connectivity index (χ4n) is 3.37. The largest absolute Gasteiger partial charge is 0.534 e. The van der Waals surface area contributed by atoms with E-state index in [2.05, 4.69) is 8.92 Å². The van der Waals surface area contributed by atoms with Gasteiger partial charge in [0.15, 0.2) is 0 Å². The fraction of sp³-hybridized carbons (Fsp3) is 0.522. The van der Waals surface area contributed by atoms with Gasteiger partial charge in [-0.15, -0.1) is 11.8 Å². The Morgan fingerprint density at radius 1 is 1.18 bits per heavy atom. The summed E-state index contributed by atoms with van der Waals surface area (Å²) >= 11 is 1.33. The van der Waals surface area contributed by atoms with Gasteiger partial charge in [-0.2, -0.15) is 21.6 Å². The number of carbonyl (C=O) groups excluding carboxylic acids is 1. The van der Waals surface area contributed by atoms with E-state index in [1.165, 1.54) is 24.4 Å². The van der Waals surface area contributed by atoms with Crippen LogP contribution in [0.15, 0.2) is 53.1 Å². The van der Waals surface area contributed by atoms with Crippen LogP contribution in [-0.4, -0.2) is 32.8 Å². The Bertz CT molecular complexity index is 925. The number of allylic oxidation sites excluding steroid dienone is 4. The average molecular weight is 507 g/mol. The molecule has 0 N–H and O–H groups in total.